The average molecular weight is 411 g/mol. The third-order valence-corrected chi connectivity index (χ3v) is 5.65. The van der Waals surface area contributed by atoms with Crippen LogP contribution in [0.3, 0.4) is 0 Å². The Balaban J connectivity index is 2.27. The van der Waals surface area contributed by atoms with Crippen LogP contribution in [-0.2, 0) is 17.6 Å². The molecule has 2 aromatic rings. The van der Waals surface area contributed by atoms with Crippen molar-refractivity contribution in [3.05, 3.63) is 59.2 Å². The molecule has 0 fully saturated rings. The van der Waals surface area contributed by atoms with Gasteiger partial charge in [-0.05, 0) is 66.8 Å². The van der Waals surface area contributed by atoms with Gasteiger partial charge in [0.1, 0.15) is 11.5 Å². The van der Waals surface area contributed by atoms with Crippen molar-refractivity contribution in [3.8, 4) is 11.5 Å². The molecule has 3 nitrogen and oxygen atoms in total. The van der Waals surface area contributed by atoms with Crippen molar-refractivity contribution < 1.29 is 14.6 Å². The largest absolute Gasteiger partial charge is 0.507 e. The number of carbonyl (C=O) groups is 1. The van der Waals surface area contributed by atoms with E-state index in [1.54, 1.807) is 0 Å². The minimum Gasteiger partial charge on any atom is -0.507 e. The number of esters is 1. The van der Waals surface area contributed by atoms with E-state index in [2.05, 4.69) is 32.9 Å². The highest BCUT2D eigenvalue weighted by Gasteiger charge is 2.20. The molecule has 30 heavy (non-hydrogen) atoms. The molecule has 0 radical (unpaired) electrons. The van der Waals surface area contributed by atoms with Crippen molar-refractivity contribution >= 4 is 5.97 Å². The molecule has 0 saturated heterocycles. The van der Waals surface area contributed by atoms with E-state index in [1.165, 1.54) is 5.56 Å². The van der Waals surface area contributed by atoms with Crippen LogP contribution < -0.4 is 4.74 Å². The molecule has 2 aromatic carbocycles. The third kappa shape index (κ3) is 7.51. The topological polar surface area (TPSA) is 46.5 Å². The number of aryl methyl sites for hydroxylation is 2. The summed E-state index contributed by atoms with van der Waals surface area (Å²) >= 11 is 0. The molecule has 0 spiro atoms. The number of hydrogen-bond donors (Lipinski definition) is 1. The van der Waals surface area contributed by atoms with Gasteiger partial charge in [0.05, 0.1) is 6.42 Å². The summed E-state index contributed by atoms with van der Waals surface area (Å²) in [5, 5.41) is 10.8. The van der Waals surface area contributed by atoms with Gasteiger partial charge in [-0.2, -0.15) is 0 Å². The summed E-state index contributed by atoms with van der Waals surface area (Å²) in [4.78, 5) is 12.7. The molecule has 0 aliphatic rings. The standard InChI is InChI=1S/C27H38O3/c1-4-7-13-21(20-26(28)30-25-16-11-10-12-17-25)24-18-22(14-8-5-2)27(29)23(19-24)15-9-6-3/h10-12,16-19,21,29H,4-9,13-15,20H2,1-3H3. The molecule has 1 atom stereocenters. The van der Waals surface area contributed by atoms with Crippen LogP contribution in [0.2, 0.25) is 0 Å². The third-order valence-electron chi connectivity index (χ3n) is 5.65. The van der Waals surface area contributed by atoms with E-state index >= 15 is 0 Å². The van der Waals surface area contributed by atoms with Crippen molar-refractivity contribution in [1.29, 1.82) is 0 Å². The number of benzene rings is 2. The second kappa shape index (κ2) is 13.1. The highest BCUT2D eigenvalue weighted by atomic mass is 16.5. The van der Waals surface area contributed by atoms with Crippen molar-refractivity contribution in [3.63, 3.8) is 0 Å². The monoisotopic (exact) mass is 410 g/mol. The molecule has 0 aliphatic carbocycles. The number of hydrogen-bond acceptors (Lipinski definition) is 3. The first-order valence-electron chi connectivity index (χ1n) is 11.7. The Kier molecular flexibility index (Phi) is 10.5. The van der Waals surface area contributed by atoms with Gasteiger partial charge >= 0.3 is 5.97 Å². The molecule has 0 bridgehead atoms. The van der Waals surface area contributed by atoms with E-state index in [-0.39, 0.29) is 11.9 Å². The van der Waals surface area contributed by atoms with E-state index < -0.39 is 0 Å². The zero-order valence-electron chi connectivity index (χ0n) is 19.0. The highest BCUT2D eigenvalue weighted by molar-refractivity contribution is 5.73. The Labute approximate surface area is 182 Å². The number of unbranched alkanes of at least 4 members (excludes halogenated alkanes) is 3. The van der Waals surface area contributed by atoms with Gasteiger partial charge < -0.3 is 9.84 Å². The smallest absolute Gasteiger partial charge is 0.311 e. The van der Waals surface area contributed by atoms with Crippen LogP contribution in [0.25, 0.3) is 0 Å². The molecule has 0 heterocycles. The lowest BCUT2D eigenvalue weighted by Crippen LogP contribution is -2.14. The summed E-state index contributed by atoms with van der Waals surface area (Å²) in [5.74, 6) is 0.972. The first-order valence-corrected chi connectivity index (χ1v) is 11.7. The van der Waals surface area contributed by atoms with Gasteiger partial charge in [0.25, 0.3) is 0 Å². The number of phenols is 1. The fourth-order valence-electron chi connectivity index (χ4n) is 3.84. The SMILES string of the molecule is CCCCc1cc(C(CCCC)CC(=O)Oc2ccccc2)cc(CCCC)c1O. The van der Waals surface area contributed by atoms with Crippen LogP contribution in [-0.4, -0.2) is 11.1 Å². The van der Waals surface area contributed by atoms with Gasteiger partial charge in [-0.3, -0.25) is 4.79 Å². The van der Waals surface area contributed by atoms with E-state index in [0.29, 0.717) is 17.9 Å². The second-order valence-electron chi connectivity index (χ2n) is 8.23. The van der Waals surface area contributed by atoms with Crippen LogP contribution in [0.15, 0.2) is 42.5 Å². The van der Waals surface area contributed by atoms with Crippen LogP contribution >= 0.6 is 0 Å². The minimum absolute atomic E-state index is 0.113. The number of aromatic hydroxyl groups is 1. The van der Waals surface area contributed by atoms with E-state index in [4.69, 9.17) is 4.74 Å². The van der Waals surface area contributed by atoms with Crippen LogP contribution in [0, 0.1) is 0 Å². The van der Waals surface area contributed by atoms with Crippen LogP contribution in [0.1, 0.15) is 94.7 Å². The zero-order valence-corrected chi connectivity index (χ0v) is 19.0. The Bertz CT molecular complexity index is 738. The van der Waals surface area contributed by atoms with Gasteiger partial charge in [-0.25, -0.2) is 0 Å². The molecule has 0 aliphatic heterocycles. The fourth-order valence-corrected chi connectivity index (χ4v) is 3.84. The molecule has 3 heteroatoms. The van der Waals surface area contributed by atoms with E-state index in [9.17, 15) is 9.90 Å². The average Bonchev–Trinajstić information content (AvgIpc) is 2.75. The van der Waals surface area contributed by atoms with Gasteiger partial charge in [0.2, 0.25) is 0 Å². The molecule has 0 saturated carbocycles. The quantitative estimate of drug-likeness (QED) is 0.277. The van der Waals surface area contributed by atoms with Gasteiger partial charge in [-0.15, -0.1) is 0 Å². The molecule has 0 aromatic heterocycles. The normalized spacial score (nSPS) is 12.0. The van der Waals surface area contributed by atoms with Crippen LogP contribution in [0.4, 0.5) is 0 Å². The van der Waals surface area contributed by atoms with Crippen molar-refractivity contribution in [2.24, 2.45) is 0 Å². The zero-order chi connectivity index (χ0) is 21.8. The number of carbonyl (C=O) groups excluding carboxylic acids is 1. The Hall–Kier alpha value is -2.29. The number of rotatable bonds is 13. The summed E-state index contributed by atoms with van der Waals surface area (Å²) in [6, 6.07) is 13.5. The van der Waals surface area contributed by atoms with E-state index in [1.807, 2.05) is 30.3 Å². The maximum Gasteiger partial charge on any atom is 0.311 e. The second-order valence-corrected chi connectivity index (χ2v) is 8.23. The molecule has 164 valence electrons. The lowest BCUT2D eigenvalue weighted by atomic mass is 9.86. The first kappa shape index (κ1) is 24.0. The van der Waals surface area contributed by atoms with Gasteiger partial charge in [-0.1, -0.05) is 76.8 Å². The Morgan fingerprint density at radius 3 is 2.00 bits per heavy atom. The minimum atomic E-state index is -0.194. The summed E-state index contributed by atoms with van der Waals surface area (Å²) in [6.07, 6.45) is 9.53. The molecular formula is C27H38O3. The molecule has 1 N–H and O–H groups in total. The first-order chi connectivity index (χ1) is 14.6. The number of phenolic OH excluding ortho intramolecular Hbond substituents is 1. The molecule has 1 unspecified atom stereocenters. The summed E-state index contributed by atoms with van der Waals surface area (Å²) in [7, 11) is 0. The van der Waals surface area contributed by atoms with Gasteiger partial charge in [0.15, 0.2) is 0 Å². The van der Waals surface area contributed by atoms with Crippen molar-refractivity contribution in [1.82, 2.24) is 0 Å². The fraction of sp³-hybridized carbons (Fsp3) is 0.519. The molecule has 2 rings (SSSR count). The highest BCUT2D eigenvalue weighted by Crippen LogP contribution is 2.34. The summed E-state index contributed by atoms with van der Waals surface area (Å²) in [5.41, 5.74) is 3.22. The van der Waals surface area contributed by atoms with Crippen LogP contribution in [0.5, 0.6) is 11.5 Å². The van der Waals surface area contributed by atoms with E-state index in [0.717, 1.165) is 68.9 Å². The predicted octanol–water partition coefficient (Wildman–Crippen LogP) is 7.35. The summed E-state index contributed by atoms with van der Waals surface area (Å²) in [6.45, 7) is 6.51. The lowest BCUT2D eigenvalue weighted by molar-refractivity contribution is -0.134. The number of para-hydroxylation sites is 1. The van der Waals surface area contributed by atoms with Crippen molar-refractivity contribution in [2.75, 3.05) is 0 Å². The molecular weight excluding hydrogens is 372 g/mol. The Morgan fingerprint density at radius 1 is 0.900 bits per heavy atom. The summed E-state index contributed by atoms with van der Waals surface area (Å²) < 4.78 is 5.57. The maximum atomic E-state index is 12.7. The number of ether oxygens (including phenoxy) is 1. The predicted molar refractivity (Wildman–Crippen MR) is 124 cm³/mol. The lowest BCUT2D eigenvalue weighted by Gasteiger charge is -2.20. The van der Waals surface area contributed by atoms with Crippen molar-refractivity contribution in [2.45, 2.75) is 90.9 Å². The Morgan fingerprint density at radius 2 is 1.47 bits per heavy atom. The maximum absolute atomic E-state index is 12.7. The van der Waals surface area contributed by atoms with Gasteiger partial charge in [0, 0.05) is 0 Å². The molecule has 0 amide bonds.